The Morgan fingerprint density at radius 1 is 1.18 bits per heavy atom. The van der Waals surface area contributed by atoms with E-state index < -0.39 is 23.3 Å². The lowest BCUT2D eigenvalue weighted by molar-refractivity contribution is -0.151. The Labute approximate surface area is 206 Å². The molecule has 1 saturated carbocycles. The molecule has 0 unspecified atom stereocenters. The fourth-order valence-corrected chi connectivity index (χ4v) is 4.60. The van der Waals surface area contributed by atoms with Gasteiger partial charge >= 0.3 is 11.9 Å². The molecule has 0 radical (unpaired) electrons. The number of nitrogens with one attached hydrogen (secondary N) is 1. The highest BCUT2D eigenvalue weighted by Crippen LogP contribution is 2.44. The number of amides is 1. The number of carbonyl (C=O) groups excluding carboxylic acids is 2. The number of carbonyl (C=O) groups is 3. The quantitative estimate of drug-likeness (QED) is 0.352. The van der Waals surface area contributed by atoms with E-state index in [1.165, 1.54) is 0 Å². The van der Waals surface area contributed by atoms with E-state index in [4.69, 9.17) is 25.8 Å². The van der Waals surface area contributed by atoms with Crippen LogP contribution in [0.4, 0.5) is 0 Å². The van der Waals surface area contributed by atoms with Crippen LogP contribution in [0.2, 0.25) is 5.02 Å². The molecule has 1 aromatic carbocycles. The van der Waals surface area contributed by atoms with Gasteiger partial charge in [-0.2, -0.15) is 0 Å². The molecule has 0 aliphatic heterocycles. The number of halogens is 1. The SMILES string of the molecule is CCOC(=O)[C@H](CCOC)CC1(C(=O)N[C@H](COCc2ccc(Cl)cc2)CC(=O)O)CCCC1. The van der Waals surface area contributed by atoms with Crippen molar-refractivity contribution in [1.29, 1.82) is 0 Å². The summed E-state index contributed by atoms with van der Waals surface area (Å²) >= 11 is 5.90. The third-order valence-electron chi connectivity index (χ3n) is 6.23. The first kappa shape index (κ1) is 28.1. The standard InChI is InChI=1S/C25H36ClNO7/c1-3-34-23(30)19(10-13-32-2)15-25(11-4-5-12-25)24(31)27-21(14-22(28)29)17-33-16-18-6-8-20(26)9-7-18/h6-9,19,21H,3-5,10-17H2,1-2H3,(H,27,31)(H,28,29)/t19-,21+/m1/s1. The van der Waals surface area contributed by atoms with Gasteiger partial charge in [0.1, 0.15) is 0 Å². The first-order chi connectivity index (χ1) is 16.3. The van der Waals surface area contributed by atoms with Crippen molar-refractivity contribution in [2.45, 2.75) is 64.5 Å². The molecule has 0 heterocycles. The van der Waals surface area contributed by atoms with E-state index in [2.05, 4.69) is 5.32 Å². The van der Waals surface area contributed by atoms with Crippen LogP contribution in [0, 0.1) is 11.3 Å². The molecule has 2 N–H and O–H groups in total. The molecule has 1 amide bonds. The average molecular weight is 498 g/mol. The predicted molar refractivity (Wildman–Crippen MR) is 127 cm³/mol. The summed E-state index contributed by atoms with van der Waals surface area (Å²) in [7, 11) is 1.57. The van der Waals surface area contributed by atoms with Crippen LogP contribution in [0.25, 0.3) is 0 Å². The Morgan fingerprint density at radius 3 is 2.44 bits per heavy atom. The van der Waals surface area contributed by atoms with E-state index in [9.17, 15) is 19.5 Å². The average Bonchev–Trinajstić information content (AvgIpc) is 3.27. The van der Waals surface area contributed by atoms with Crippen LogP contribution in [-0.4, -0.2) is 55.9 Å². The van der Waals surface area contributed by atoms with Crippen molar-refractivity contribution in [3.63, 3.8) is 0 Å². The molecule has 8 nitrogen and oxygen atoms in total. The molecule has 2 rings (SSSR count). The number of hydrogen-bond donors (Lipinski definition) is 2. The molecule has 0 bridgehead atoms. The lowest BCUT2D eigenvalue weighted by Crippen LogP contribution is -2.48. The van der Waals surface area contributed by atoms with Crippen LogP contribution in [0.3, 0.4) is 0 Å². The summed E-state index contributed by atoms with van der Waals surface area (Å²) < 4.78 is 16.1. The van der Waals surface area contributed by atoms with Crippen LogP contribution in [0.5, 0.6) is 0 Å². The van der Waals surface area contributed by atoms with Crippen LogP contribution in [-0.2, 0) is 35.2 Å². The second-order valence-corrected chi connectivity index (χ2v) is 9.27. The van der Waals surface area contributed by atoms with Crippen LogP contribution < -0.4 is 5.32 Å². The van der Waals surface area contributed by atoms with Gasteiger partial charge in [-0.05, 0) is 50.3 Å². The molecule has 0 spiro atoms. The number of methoxy groups -OCH3 is 1. The first-order valence-electron chi connectivity index (χ1n) is 11.8. The Bertz CT molecular complexity index is 793. The van der Waals surface area contributed by atoms with Crippen molar-refractivity contribution in [3.8, 4) is 0 Å². The first-order valence-corrected chi connectivity index (χ1v) is 12.2. The zero-order chi connectivity index (χ0) is 25.0. The van der Waals surface area contributed by atoms with Gasteiger partial charge < -0.3 is 24.6 Å². The highest BCUT2D eigenvalue weighted by atomic mass is 35.5. The summed E-state index contributed by atoms with van der Waals surface area (Å²) in [5.74, 6) is -2.03. The molecule has 9 heteroatoms. The molecular weight excluding hydrogens is 462 g/mol. The highest BCUT2D eigenvalue weighted by Gasteiger charge is 2.45. The minimum Gasteiger partial charge on any atom is -0.481 e. The molecule has 1 aromatic rings. The molecule has 0 saturated heterocycles. The number of benzene rings is 1. The van der Waals surface area contributed by atoms with Crippen LogP contribution in [0.1, 0.15) is 57.4 Å². The largest absolute Gasteiger partial charge is 0.481 e. The number of hydrogen-bond acceptors (Lipinski definition) is 6. The Balaban J connectivity index is 2.06. The summed E-state index contributed by atoms with van der Waals surface area (Å²) in [5, 5.41) is 12.9. The summed E-state index contributed by atoms with van der Waals surface area (Å²) in [6.45, 7) is 2.75. The third kappa shape index (κ3) is 8.89. The van der Waals surface area contributed by atoms with Crippen molar-refractivity contribution in [2.75, 3.05) is 26.9 Å². The monoisotopic (exact) mass is 497 g/mol. The lowest BCUT2D eigenvalue weighted by atomic mass is 9.75. The molecule has 1 aliphatic carbocycles. The molecular formula is C25H36ClNO7. The Morgan fingerprint density at radius 2 is 1.85 bits per heavy atom. The zero-order valence-electron chi connectivity index (χ0n) is 20.0. The number of rotatable bonds is 15. The van der Waals surface area contributed by atoms with Crippen LogP contribution >= 0.6 is 11.6 Å². The Hall–Kier alpha value is -2.16. The molecule has 1 fully saturated rings. The normalized spacial score (nSPS) is 16.6. The van der Waals surface area contributed by atoms with Crippen molar-refractivity contribution < 1.29 is 33.7 Å². The highest BCUT2D eigenvalue weighted by molar-refractivity contribution is 6.30. The van der Waals surface area contributed by atoms with E-state index in [1.807, 2.05) is 12.1 Å². The maximum atomic E-state index is 13.5. The number of ether oxygens (including phenoxy) is 3. The zero-order valence-corrected chi connectivity index (χ0v) is 20.8. The van der Waals surface area contributed by atoms with Gasteiger partial charge in [0.2, 0.25) is 5.91 Å². The maximum absolute atomic E-state index is 13.5. The van der Waals surface area contributed by atoms with Gasteiger partial charge in [0.15, 0.2) is 0 Å². The van der Waals surface area contributed by atoms with E-state index in [-0.39, 0.29) is 38.1 Å². The molecule has 190 valence electrons. The van der Waals surface area contributed by atoms with Gasteiger partial charge in [0.25, 0.3) is 0 Å². The fourth-order valence-electron chi connectivity index (χ4n) is 4.47. The van der Waals surface area contributed by atoms with Gasteiger partial charge in [-0.1, -0.05) is 36.6 Å². The number of carboxylic acids is 1. The van der Waals surface area contributed by atoms with Crippen molar-refractivity contribution in [2.24, 2.45) is 11.3 Å². The van der Waals surface area contributed by atoms with Crippen molar-refractivity contribution >= 4 is 29.4 Å². The van der Waals surface area contributed by atoms with Crippen LogP contribution in [0.15, 0.2) is 24.3 Å². The molecule has 0 aromatic heterocycles. The number of carboxylic acid groups (broad SMARTS) is 1. The fraction of sp³-hybridized carbons (Fsp3) is 0.640. The summed E-state index contributed by atoms with van der Waals surface area (Å²) in [5.41, 5.74) is 0.158. The maximum Gasteiger partial charge on any atom is 0.309 e. The third-order valence-corrected chi connectivity index (χ3v) is 6.48. The van der Waals surface area contributed by atoms with Crippen molar-refractivity contribution in [3.05, 3.63) is 34.9 Å². The van der Waals surface area contributed by atoms with E-state index in [0.717, 1.165) is 18.4 Å². The summed E-state index contributed by atoms with van der Waals surface area (Å²) in [4.78, 5) is 37.4. The van der Waals surface area contributed by atoms with Gasteiger partial charge in [-0.15, -0.1) is 0 Å². The van der Waals surface area contributed by atoms with Gasteiger partial charge in [-0.25, -0.2) is 0 Å². The minimum atomic E-state index is -1.02. The smallest absolute Gasteiger partial charge is 0.309 e. The lowest BCUT2D eigenvalue weighted by Gasteiger charge is -2.32. The Kier molecular flexibility index (Phi) is 11.8. The molecule has 2 atom stereocenters. The number of aliphatic carboxylic acids is 1. The van der Waals surface area contributed by atoms with Gasteiger partial charge in [-0.3, -0.25) is 14.4 Å². The topological polar surface area (TPSA) is 111 Å². The second-order valence-electron chi connectivity index (χ2n) is 8.83. The van der Waals surface area contributed by atoms with E-state index >= 15 is 0 Å². The second kappa shape index (κ2) is 14.3. The summed E-state index contributed by atoms with van der Waals surface area (Å²) in [6, 6.07) is 6.48. The van der Waals surface area contributed by atoms with Crippen molar-refractivity contribution in [1.82, 2.24) is 5.32 Å². The van der Waals surface area contributed by atoms with E-state index in [1.54, 1.807) is 26.2 Å². The van der Waals surface area contributed by atoms with E-state index in [0.29, 0.717) is 37.3 Å². The summed E-state index contributed by atoms with van der Waals surface area (Å²) in [6.07, 6.45) is 3.61. The van der Waals surface area contributed by atoms with Gasteiger partial charge in [0.05, 0.1) is 43.6 Å². The molecule has 34 heavy (non-hydrogen) atoms. The minimum absolute atomic E-state index is 0.0573. The molecule has 1 aliphatic rings. The number of esters is 1. The van der Waals surface area contributed by atoms with Gasteiger partial charge in [0, 0.05) is 18.7 Å². The predicted octanol–water partition coefficient (Wildman–Crippen LogP) is 3.98.